The molecule has 1 saturated carbocycles. The van der Waals surface area contributed by atoms with Crippen molar-refractivity contribution in [1.82, 2.24) is 9.97 Å². The van der Waals surface area contributed by atoms with Gasteiger partial charge in [-0.05, 0) is 43.2 Å². The number of ketones is 1. The SMILES string of the molecule is CCNc1ncc2c(n1)[C@]1(c3ccccc3)CC(C#N)C(=O)[C@@H](C)[C@@H]1CC2. The molecule has 1 aromatic heterocycles. The Balaban J connectivity index is 1.98. The van der Waals surface area contributed by atoms with E-state index in [1.165, 1.54) is 0 Å². The summed E-state index contributed by atoms with van der Waals surface area (Å²) in [5.74, 6) is 0.0897. The predicted molar refractivity (Wildman–Crippen MR) is 103 cm³/mol. The molecule has 0 amide bonds. The average Bonchev–Trinajstić information content (AvgIpc) is 2.71. The molecule has 27 heavy (non-hydrogen) atoms. The number of aromatic nitrogens is 2. The van der Waals surface area contributed by atoms with Crippen molar-refractivity contribution in [2.45, 2.75) is 38.5 Å². The van der Waals surface area contributed by atoms with Crippen molar-refractivity contribution < 1.29 is 4.79 Å². The Kier molecular flexibility index (Phi) is 4.43. The topological polar surface area (TPSA) is 78.7 Å². The Bertz CT molecular complexity index is 904. The standard InChI is InChI=1S/C22H24N4O/c1-3-24-21-25-13-15-9-10-18-14(2)19(27)16(12-23)11-22(18,20(15)26-21)17-7-5-4-6-8-17/h4-8,13-14,16,18H,3,9-11H2,1-2H3,(H,24,25,26)/t14-,16?,18-,22-/m0/s1. The van der Waals surface area contributed by atoms with Gasteiger partial charge in [-0.2, -0.15) is 5.26 Å². The van der Waals surface area contributed by atoms with Gasteiger partial charge in [-0.1, -0.05) is 37.3 Å². The monoisotopic (exact) mass is 360 g/mol. The summed E-state index contributed by atoms with van der Waals surface area (Å²) in [6.45, 7) is 4.76. The van der Waals surface area contributed by atoms with Crippen molar-refractivity contribution in [3.05, 3.63) is 53.3 Å². The molecule has 1 aromatic carbocycles. The van der Waals surface area contributed by atoms with Crippen molar-refractivity contribution in [3.63, 3.8) is 0 Å². The summed E-state index contributed by atoms with van der Waals surface area (Å²) >= 11 is 0. The molecule has 5 heteroatoms. The minimum atomic E-state index is -0.597. The second kappa shape index (κ2) is 6.77. The molecule has 2 aromatic rings. The number of nitriles is 1. The van der Waals surface area contributed by atoms with Gasteiger partial charge in [0.1, 0.15) is 5.92 Å². The number of benzene rings is 1. The first-order chi connectivity index (χ1) is 13.1. The van der Waals surface area contributed by atoms with Crippen LogP contribution in [0.4, 0.5) is 5.95 Å². The highest BCUT2D eigenvalue weighted by Crippen LogP contribution is 2.55. The largest absolute Gasteiger partial charge is 0.354 e. The Morgan fingerprint density at radius 2 is 2.11 bits per heavy atom. The summed E-state index contributed by atoms with van der Waals surface area (Å²) in [6, 6.07) is 12.6. The van der Waals surface area contributed by atoms with Gasteiger partial charge in [0.2, 0.25) is 5.95 Å². The molecule has 0 aliphatic heterocycles. The van der Waals surface area contributed by atoms with E-state index >= 15 is 0 Å². The van der Waals surface area contributed by atoms with Gasteiger partial charge in [-0.25, -0.2) is 9.97 Å². The number of carbonyl (C=O) groups excluding carboxylic acids is 1. The van der Waals surface area contributed by atoms with Gasteiger partial charge in [0.05, 0.1) is 11.8 Å². The third-order valence-electron chi connectivity index (χ3n) is 6.35. The molecule has 4 atom stereocenters. The molecule has 4 rings (SSSR count). The van der Waals surface area contributed by atoms with Crippen molar-refractivity contribution in [2.24, 2.45) is 17.8 Å². The van der Waals surface area contributed by atoms with E-state index in [2.05, 4.69) is 28.5 Å². The summed E-state index contributed by atoms with van der Waals surface area (Å²) in [5, 5.41) is 12.9. The number of anilines is 1. The Labute approximate surface area is 159 Å². The maximum Gasteiger partial charge on any atom is 0.222 e. The van der Waals surface area contributed by atoms with Gasteiger partial charge < -0.3 is 5.32 Å². The zero-order chi connectivity index (χ0) is 19.0. The quantitative estimate of drug-likeness (QED) is 0.906. The molecule has 0 spiro atoms. The van der Waals surface area contributed by atoms with E-state index < -0.39 is 11.3 Å². The molecule has 1 unspecified atom stereocenters. The average molecular weight is 360 g/mol. The molecule has 1 N–H and O–H groups in total. The van der Waals surface area contributed by atoms with Crippen molar-refractivity contribution in [1.29, 1.82) is 5.26 Å². The van der Waals surface area contributed by atoms with Crippen molar-refractivity contribution >= 4 is 11.7 Å². The number of carbonyl (C=O) groups is 1. The van der Waals surface area contributed by atoms with Crippen LogP contribution in [0.1, 0.15) is 43.5 Å². The number of hydrogen-bond donors (Lipinski definition) is 1. The maximum atomic E-state index is 12.8. The van der Waals surface area contributed by atoms with Crippen LogP contribution in [0.15, 0.2) is 36.5 Å². The fourth-order valence-electron chi connectivity index (χ4n) is 5.13. The van der Waals surface area contributed by atoms with Crippen LogP contribution in [-0.2, 0) is 16.6 Å². The minimum Gasteiger partial charge on any atom is -0.354 e. The molecule has 138 valence electrons. The third-order valence-corrected chi connectivity index (χ3v) is 6.35. The number of hydrogen-bond acceptors (Lipinski definition) is 5. The second-order valence-corrected chi connectivity index (χ2v) is 7.66. The summed E-state index contributed by atoms with van der Waals surface area (Å²) < 4.78 is 0. The van der Waals surface area contributed by atoms with E-state index in [1.807, 2.05) is 38.2 Å². The van der Waals surface area contributed by atoms with E-state index in [0.717, 1.165) is 36.2 Å². The fraction of sp³-hybridized carbons (Fsp3) is 0.455. The highest BCUT2D eigenvalue weighted by Gasteiger charge is 2.56. The van der Waals surface area contributed by atoms with E-state index in [0.29, 0.717) is 12.4 Å². The zero-order valence-corrected chi connectivity index (χ0v) is 15.8. The van der Waals surface area contributed by atoms with Crippen molar-refractivity contribution in [3.8, 4) is 6.07 Å². The van der Waals surface area contributed by atoms with Crippen LogP contribution in [0.3, 0.4) is 0 Å². The predicted octanol–water partition coefficient (Wildman–Crippen LogP) is 3.51. The van der Waals surface area contributed by atoms with Gasteiger partial charge in [0.15, 0.2) is 5.78 Å². The lowest BCUT2D eigenvalue weighted by atomic mass is 9.51. The van der Waals surface area contributed by atoms with Crippen LogP contribution in [0.25, 0.3) is 0 Å². The lowest BCUT2D eigenvalue weighted by Crippen LogP contribution is -2.53. The maximum absolute atomic E-state index is 12.8. The number of rotatable bonds is 3. The molecular formula is C22H24N4O. The molecule has 1 heterocycles. The Hall–Kier alpha value is -2.74. The molecule has 2 aliphatic carbocycles. The second-order valence-electron chi connectivity index (χ2n) is 7.66. The van der Waals surface area contributed by atoms with Gasteiger partial charge in [0.25, 0.3) is 0 Å². The Morgan fingerprint density at radius 1 is 1.33 bits per heavy atom. The summed E-state index contributed by atoms with van der Waals surface area (Å²) in [7, 11) is 0. The third kappa shape index (κ3) is 2.63. The number of Topliss-reactive ketones (excluding diaryl/α,β-unsaturated/α-hetero) is 1. The van der Waals surface area contributed by atoms with Gasteiger partial charge in [0, 0.05) is 24.1 Å². The molecular weight excluding hydrogens is 336 g/mol. The molecule has 5 nitrogen and oxygen atoms in total. The van der Waals surface area contributed by atoms with Crippen LogP contribution in [0.2, 0.25) is 0 Å². The fourth-order valence-corrected chi connectivity index (χ4v) is 5.13. The lowest BCUT2D eigenvalue weighted by molar-refractivity contribution is -0.131. The van der Waals surface area contributed by atoms with E-state index in [4.69, 9.17) is 4.98 Å². The molecule has 1 fully saturated rings. The van der Waals surface area contributed by atoms with Crippen LogP contribution in [0, 0.1) is 29.1 Å². The molecule has 2 aliphatic rings. The highest BCUT2D eigenvalue weighted by atomic mass is 16.1. The van der Waals surface area contributed by atoms with E-state index in [1.54, 1.807) is 0 Å². The first-order valence-electron chi connectivity index (χ1n) is 9.71. The van der Waals surface area contributed by atoms with Gasteiger partial charge in [-0.15, -0.1) is 0 Å². The van der Waals surface area contributed by atoms with Crippen LogP contribution in [0.5, 0.6) is 0 Å². The molecule has 0 bridgehead atoms. The number of aryl methyl sites for hydroxylation is 1. The van der Waals surface area contributed by atoms with Gasteiger partial charge >= 0.3 is 0 Å². The van der Waals surface area contributed by atoms with Crippen LogP contribution >= 0.6 is 0 Å². The number of fused-ring (bicyclic) bond motifs is 3. The summed E-state index contributed by atoms with van der Waals surface area (Å²) in [5.41, 5.74) is 2.86. The zero-order valence-electron chi connectivity index (χ0n) is 15.8. The lowest BCUT2D eigenvalue weighted by Gasteiger charge is -2.51. The van der Waals surface area contributed by atoms with E-state index in [9.17, 15) is 10.1 Å². The molecule has 0 saturated heterocycles. The van der Waals surface area contributed by atoms with E-state index in [-0.39, 0.29) is 17.6 Å². The normalized spacial score (nSPS) is 29.4. The smallest absolute Gasteiger partial charge is 0.222 e. The Morgan fingerprint density at radius 3 is 2.81 bits per heavy atom. The first-order valence-corrected chi connectivity index (χ1v) is 9.71. The highest BCUT2D eigenvalue weighted by molar-refractivity contribution is 5.87. The number of nitrogens with one attached hydrogen (secondary N) is 1. The number of nitrogens with zero attached hydrogens (tertiary/aromatic N) is 3. The minimum absolute atomic E-state index is 0.0819. The summed E-state index contributed by atoms with van der Waals surface area (Å²) in [4.78, 5) is 22.2. The summed E-state index contributed by atoms with van der Waals surface area (Å²) in [6.07, 6.45) is 4.20. The van der Waals surface area contributed by atoms with Crippen LogP contribution in [-0.4, -0.2) is 22.3 Å². The molecule has 0 radical (unpaired) electrons. The van der Waals surface area contributed by atoms with Crippen LogP contribution < -0.4 is 5.32 Å². The van der Waals surface area contributed by atoms with Crippen molar-refractivity contribution in [2.75, 3.05) is 11.9 Å². The first kappa shape index (κ1) is 17.7. The van der Waals surface area contributed by atoms with Gasteiger partial charge in [-0.3, -0.25) is 4.79 Å².